The van der Waals surface area contributed by atoms with Crippen molar-refractivity contribution in [3.05, 3.63) is 206 Å². The quantitative estimate of drug-likeness (QED) is 0.176. The molecule has 0 bridgehead atoms. The van der Waals surface area contributed by atoms with Gasteiger partial charge in [0.05, 0.1) is 44.5 Å². The number of benzene rings is 9. The summed E-state index contributed by atoms with van der Waals surface area (Å²) in [5.74, 6) is 0. The van der Waals surface area contributed by atoms with E-state index < -0.39 is 0 Å². The van der Waals surface area contributed by atoms with E-state index in [4.69, 9.17) is 9.97 Å². The lowest BCUT2D eigenvalue weighted by atomic mass is 10.0. The van der Waals surface area contributed by atoms with E-state index in [0.717, 1.165) is 56.0 Å². The van der Waals surface area contributed by atoms with E-state index in [-0.39, 0.29) is 0 Å². The van der Waals surface area contributed by atoms with Crippen LogP contribution in [0.1, 0.15) is 0 Å². The highest BCUT2D eigenvalue weighted by Gasteiger charge is 2.22. The molecular weight excluding hydrogens is 705 g/mol. The Labute approximate surface area is 334 Å². The molecule has 4 nitrogen and oxygen atoms in total. The Bertz CT molecular complexity index is 3550. The summed E-state index contributed by atoms with van der Waals surface area (Å²) in [6.07, 6.45) is 0. The summed E-state index contributed by atoms with van der Waals surface area (Å²) in [6.45, 7) is 0. The Hall–Kier alpha value is -7.82. The van der Waals surface area contributed by atoms with Gasteiger partial charge in [-0.3, -0.25) is 0 Å². The molecule has 9 aromatic carbocycles. The van der Waals surface area contributed by atoms with E-state index in [0.29, 0.717) is 0 Å². The van der Waals surface area contributed by atoms with Gasteiger partial charge in [0.25, 0.3) is 0 Å². The van der Waals surface area contributed by atoms with E-state index >= 15 is 0 Å². The fraction of sp³-hybridized carbons (Fsp3) is 0. The molecule has 0 radical (unpaired) electrons. The molecule has 270 valence electrons. The zero-order valence-corrected chi connectivity index (χ0v) is 31.4. The highest BCUT2D eigenvalue weighted by molar-refractivity contribution is 6.31. The van der Waals surface area contributed by atoms with Crippen molar-refractivity contribution in [1.29, 1.82) is 0 Å². The van der Waals surface area contributed by atoms with Crippen LogP contribution in [0.5, 0.6) is 0 Å². The van der Waals surface area contributed by atoms with Crippen molar-refractivity contribution in [3.63, 3.8) is 0 Å². The first kappa shape index (κ1) is 32.4. The normalized spacial score (nSPS) is 11.8. The minimum absolute atomic E-state index is 0.864. The molecule has 3 heterocycles. The van der Waals surface area contributed by atoms with Gasteiger partial charge in [0.1, 0.15) is 0 Å². The molecule has 0 aliphatic carbocycles. The molecular formula is C54H34N4. The summed E-state index contributed by atoms with van der Waals surface area (Å²) in [5, 5.41) is 7.47. The van der Waals surface area contributed by atoms with Crippen molar-refractivity contribution < 1.29 is 0 Å². The van der Waals surface area contributed by atoms with Gasteiger partial charge in [-0.05, 0) is 59.5 Å². The van der Waals surface area contributed by atoms with Crippen LogP contribution in [0.2, 0.25) is 0 Å². The fourth-order valence-corrected chi connectivity index (χ4v) is 9.17. The second kappa shape index (κ2) is 12.9. The van der Waals surface area contributed by atoms with Gasteiger partial charge >= 0.3 is 0 Å². The van der Waals surface area contributed by atoms with Crippen LogP contribution in [-0.2, 0) is 0 Å². The molecule has 0 amide bonds. The molecule has 12 aromatic rings. The van der Waals surface area contributed by atoms with E-state index in [1.165, 1.54) is 54.4 Å². The Morgan fingerprint density at radius 1 is 0.345 bits per heavy atom. The number of rotatable bonds is 5. The van der Waals surface area contributed by atoms with Crippen LogP contribution in [0.25, 0.3) is 110 Å². The summed E-state index contributed by atoms with van der Waals surface area (Å²) in [5.41, 5.74) is 14.7. The molecule has 0 unspecified atom stereocenters. The van der Waals surface area contributed by atoms with Gasteiger partial charge in [-0.25, -0.2) is 9.97 Å². The van der Waals surface area contributed by atoms with Crippen molar-refractivity contribution in [3.8, 4) is 45.0 Å². The minimum Gasteiger partial charge on any atom is -0.309 e. The highest BCUT2D eigenvalue weighted by atomic mass is 15.0. The summed E-state index contributed by atoms with van der Waals surface area (Å²) >= 11 is 0. The van der Waals surface area contributed by atoms with Crippen LogP contribution in [0, 0.1) is 0 Å². The van der Waals surface area contributed by atoms with E-state index in [1.807, 2.05) is 12.1 Å². The Morgan fingerprint density at radius 3 is 1.71 bits per heavy atom. The molecule has 4 heteroatoms. The van der Waals surface area contributed by atoms with Crippen LogP contribution in [0.3, 0.4) is 0 Å². The second-order valence-corrected chi connectivity index (χ2v) is 14.9. The van der Waals surface area contributed by atoms with Crippen molar-refractivity contribution in [2.45, 2.75) is 0 Å². The standard InChI is InChI=1S/C54H34N4/c1-4-17-36(18-5-1)51-52(37-19-6-2-7-20-37)56-53-41(27-15-28-45(53)55-51)38-21-14-24-40(34-38)57-46-29-13-12-26-43(46)49-47(57)32-33-48-50(49)44-31-30-35-16-10-11-25-42(35)54(44)58(48)39-22-8-3-9-23-39/h1-34H. The predicted molar refractivity (Wildman–Crippen MR) is 242 cm³/mol. The fourth-order valence-electron chi connectivity index (χ4n) is 9.17. The first-order valence-electron chi connectivity index (χ1n) is 19.8. The molecule has 0 fully saturated rings. The van der Waals surface area contributed by atoms with Crippen molar-refractivity contribution >= 4 is 65.4 Å². The lowest BCUT2D eigenvalue weighted by molar-refractivity contribution is 1.17. The Morgan fingerprint density at radius 2 is 0.931 bits per heavy atom. The predicted octanol–water partition coefficient (Wildman–Crippen LogP) is 14.0. The molecule has 0 aliphatic heterocycles. The van der Waals surface area contributed by atoms with Gasteiger partial charge in [-0.15, -0.1) is 0 Å². The average molecular weight is 739 g/mol. The number of fused-ring (bicyclic) bond motifs is 10. The lowest BCUT2D eigenvalue weighted by Gasteiger charge is -2.14. The molecule has 0 saturated carbocycles. The molecule has 0 saturated heterocycles. The molecule has 3 aromatic heterocycles. The molecule has 0 spiro atoms. The third kappa shape index (κ3) is 4.88. The number of hydrogen-bond donors (Lipinski definition) is 0. The van der Waals surface area contributed by atoms with E-state index in [9.17, 15) is 0 Å². The molecule has 0 aliphatic rings. The van der Waals surface area contributed by atoms with Gasteiger partial charge in [0, 0.05) is 55.0 Å². The van der Waals surface area contributed by atoms with Crippen LogP contribution >= 0.6 is 0 Å². The third-order valence-corrected chi connectivity index (χ3v) is 11.7. The third-order valence-electron chi connectivity index (χ3n) is 11.7. The van der Waals surface area contributed by atoms with Gasteiger partial charge in [0.15, 0.2) is 0 Å². The number of aromatic nitrogens is 4. The van der Waals surface area contributed by atoms with E-state index in [1.54, 1.807) is 0 Å². The number of para-hydroxylation sites is 3. The summed E-state index contributed by atoms with van der Waals surface area (Å²) < 4.78 is 4.88. The first-order valence-corrected chi connectivity index (χ1v) is 19.8. The largest absolute Gasteiger partial charge is 0.309 e. The van der Waals surface area contributed by atoms with Crippen LogP contribution in [0.15, 0.2) is 206 Å². The SMILES string of the molecule is c1ccc(-c2nc3cccc(-c4cccc(-n5c6ccccc6c6c7c8ccc9ccccc9c8n(-c8ccccc8)c7ccc65)c4)c3nc2-c2ccccc2)cc1. The van der Waals surface area contributed by atoms with Crippen LogP contribution in [-0.4, -0.2) is 19.1 Å². The maximum absolute atomic E-state index is 5.43. The van der Waals surface area contributed by atoms with Crippen LogP contribution in [0.4, 0.5) is 0 Å². The monoisotopic (exact) mass is 738 g/mol. The molecule has 12 rings (SSSR count). The minimum atomic E-state index is 0.864. The average Bonchev–Trinajstić information content (AvgIpc) is 3.82. The lowest BCUT2D eigenvalue weighted by Crippen LogP contribution is -1.98. The maximum Gasteiger partial charge on any atom is 0.0973 e. The van der Waals surface area contributed by atoms with Gasteiger partial charge in [0.2, 0.25) is 0 Å². The smallest absolute Gasteiger partial charge is 0.0973 e. The molecule has 0 atom stereocenters. The Kier molecular flexibility index (Phi) is 7.20. The zero-order valence-electron chi connectivity index (χ0n) is 31.4. The van der Waals surface area contributed by atoms with Gasteiger partial charge in [-0.1, -0.05) is 158 Å². The summed E-state index contributed by atoms with van der Waals surface area (Å²) in [7, 11) is 0. The number of hydrogen-bond acceptors (Lipinski definition) is 2. The van der Waals surface area contributed by atoms with Crippen LogP contribution < -0.4 is 0 Å². The topological polar surface area (TPSA) is 35.6 Å². The van der Waals surface area contributed by atoms with Crippen molar-refractivity contribution in [2.24, 2.45) is 0 Å². The van der Waals surface area contributed by atoms with Crippen molar-refractivity contribution in [2.75, 3.05) is 0 Å². The van der Waals surface area contributed by atoms with E-state index in [2.05, 4.69) is 203 Å². The van der Waals surface area contributed by atoms with Gasteiger partial charge < -0.3 is 9.13 Å². The maximum atomic E-state index is 5.43. The highest BCUT2D eigenvalue weighted by Crippen LogP contribution is 2.44. The van der Waals surface area contributed by atoms with Crippen molar-refractivity contribution in [1.82, 2.24) is 19.1 Å². The summed E-state index contributed by atoms with van der Waals surface area (Å²) in [6, 6.07) is 73.5. The second-order valence-electron chi connectivity index (χ2n) is 14.9. The van der Waals surface area contributed by atoms with Gasteiger partial charge in [-0.2, -0.15) is 0 Å². The molecule has 0 N–H and O–H groups in total. The molecule has 58 heavy (non-hydrogen) atoms. The summed E-state index contributed by atoms with van der Waals surface area (Å²) in [4.78, 5) is 10.7. The Balaban J connectivity index is 1.11. The number of nitrogens with zero attached hydrogens (tertiary/aromatic N) is 4. The zero-order chi connectivity index (χ0) is 38.2. The first-order chi connectivity index (χ1) is 28.8.